The first-order chi connectivity index (χ1) is 12.4. The van der Waals surface area contributed by atoms with Crippen LogP contribution >= 0.6 is 23.6 Å². The third-order valence-electron chi connectivity index (χ3n) is 3.47. The molecule has 0 fully saturated rings. The predicted octanol–water partition coefficient (Wildman–Crippen LogP) is 3.09. The molecule has 6 nitrogen and oxygen atoms in total. The Morgan fingerprint density at radius 1 is 1.42 bits per heavy atom. The average molecular weight is 394 g/mol. The molecule has 0 bridgehead atoms. The highest BCUT2D eigenvalue weighted by molar-refractivity contribution is 7.73. The van der Waals surface area contributed by atoms with Gasteiger partial charge in [0.25, 0.3) is 5.56 Å². The van der Waals surface area contributed by atoms with E-state index in [1.54, 1.807) is 10.6 Å². The minimum absolute atomic E-state index is 0.301. The lowest BCUT2D eigenvalue weighted by atomic mass is 10.3. The first-order valence-corrected chi connectivity index (χ1v) is 8.57. The number of anilines is 1. The van der Waals surface area contributed by atoms with E-state index in [0.717, 1.165) is 34.1 Å². The third-order valence-corrected chi connectivity index (χ3v) is 4.90. The van der Waals surface area contributed by atoms with Crippen molar-refractivity contribution in [3.63, 3.8) is 0 Å². The van der Waals surface area contributed by atoms with Crippen LogP contribution in [0, 0.1) is 15.6 Å². The second-order valence-corrected chi connectivity index (χ2v) is 6.91. The summed E-state index contributed by atoms with van der Waals surface area (Å²) in [5, 5.41) is 2.23. The second kappa shape index (κ2) is 7.26. The molecule has 26 heavy (non-hydrogen) atoms. The number of carbonyl (C=O) groups excluding carboxylic acids is 1. The molecule has 0 radical (unpaired) electrons. The summed E-state index contributed by atoms with van der Waals surface area (Å²) in [5.74, 6) is -2.16. The number of hydrogen-bond donors (Lipinski definition) is 1. The van der Waals surface area contributed by atoms with Crippen LogP contribution in [0.3, 0.4) is 0 Å². The molecule has 0 spiro atoms. The molecule has 3 rings (SSSR count). The number of halogens is 2. The number of fused-ring (bicyclic) bond motifs is 1. The predicted molar refractivity (Wildman–Crippen MR) is 97.9 cm³/mol. The zero-order valence-electron chi connectivity index (χ0n) is 13.2. The highest BCUT2D eigenvalue weighted by Gasteiger charge is 2.14. The van der Waals surface area contributed by atoms with Gasteiger partial charge in [0.1, 0.15) is 29.2 Å². The summed E-state index contributed by atoms with van der Waals surface area (Å²) in [6.07, 6.45) is 2.85. The topological polar surface area (TPSA) is 68.9 Å². The molecule has 1 amide bonds. The van der Waals surface area contributed by atoms with Gasteiger partial charge in [-0.15, -0.1) is 6.58 Å². The number of rotatable bonds is 5. The molecule has 10 heteroatoms. The van der Waals surface area contributed by atoms with Crippen LogP contribution in [-0.2, 0) is 17.9 Å². The Hall–Kier alpha value is -2.72. The minimum Gasteiger partial charge on any atom is -0.322 e. The van der Waals surface area contributed by atoms with Crippen molar-refractivity contribution in [1.82, 2.24) is 14.1 Å². The molecule has 0 saturated heterocycles. The van der Waals surface area contributed by atoms with E-state index in [1.807, 2.05) is 0 Å². The normalized spacial score (nSPS) is 10.8. The summed E-state index contributed by atoms with van der Waals surface area (Å²) in [4.78, 5) is 28.8. The van der Waals surface area contributed by atoms with E-state index in [2.05, 4.69) is 16.9 Å². The van der Waals surface area contributed by atoms with Gasteiger partial charge in [0.05, 0.1) is 5.69 Å². The van der Waals surface area contributed by atoms with Crippen LogP contribution in [0.4, 0.5) is 14.5 Å². The van der Waals surface area contributed by atoms with E-state index in [-0.39, 0.29) is 5.69 Å². The van der Waals surface area contributed by atoms with Gasteiger partial charge in [-0.3, -0.25) is 14.2 Å². The van der Waals surface area contributed by atoms with Crippen molar-refractivity contribution in [1.29, 1.82) is 0 Å². The summed E-state index contributed by atoms with van der Waals surface area (Å²) in [5.41, 5.74) is -0.327. The van der Waals surface area contributed by atoms with Gasteiger partial charge >= 0.3 is 0 Å². The number of hydrogen-bond acceptors (Lipinski definition) is 5. The number of carbonyl (C=O) groups is 1. The molecule has 0 aliphatic carbocycles. The molecule has 0 unspecified atom stereocenters. The summed E-state index contributed by atoms with van der Waals surface area (Å²) in [7, 11) is 0. The molecule has 3 aromatic rings. The molecular formula is C16H12F2N4O2S2. The van der Waals surface area contributed by atoms with Crippen molar-refractivity contribution in [2.75, 3.05) is 5.32 Å². The Morgan fingerprint density at radius 3 is 2.92 bits per heavy atom. The van der Waals surface area contributed by atoms with Crippen molar-refractivity contribution >= 4 is 45.5 Å². The fourth-order valence-corrected chi connectivity index (χ4v) is 3.63. The molecule has 2 heterocycles. The lowest BCUT2D eigenvalue weighted by molar-refractivity contribution is -0.116. The third kappa shape index (κ3) is 3.46. The lowest BCUT2D eigenvalue weighted by Gasteiger charge is -2.08. The SMILES string of the molecule is C=CCn1c(=S)sc2c(=O)n(CC(=O)Nc3cc(F)ccc3F)cnc21. The van der Waals surface area contributed by atoms with Gasteiger partial charge in [0, 0.05) is 12.6 Å². The molecule has 0 aliphatic rings. The zero-order chi connectivity index (χ0) is 18.8. The Labute approximate surface area is 155 Å². The highest BCUT2D eigenvalue weighted by atomic mass is 32.1. The zero-order valence-corrected chi connectivity index (χ0v) is 14.9. The standard InChI is InChI=1S/C16H12F2N4O2S2/c1-2-5-22-14-13(26-16(22)25)15(24)21(8-19-14)7-12(23)20-11-6-9(17)3-4-10(11)18/h2-4,6,8H,1,5,7H2,(H,20,23). The molecule has 1 aromatic carbocycles. The monoisotopic (exact) mass is 394 g/mol. The maximum Gasteiger partial charge on any atom is 0.273 e. The first-order valence-electron chi connectivity index (χ1n) is 7.35. The Kier molecular flexibility index (Phi) is 5.05. The Bertz CT molecular complexity index is 1130. The largest absolute Gasteiger partial charge is 0.322 e. The smallest absolute Gasteiger partial charge is 0.273 e. The van der Waals surface area contributed by atoms with Crippen LogP contribution in [0.5, 0.6) is 0 Å². The molecule has 0 saturated carbocycles. The molecule has 0 atom stereocenters. The highest BCUT2D eigenvalue weighted by Crippen LogP contribution is 2.18. The van der Waals surface area contributed by atoms with E-state index >= 15 is 0 Å². The fraction of sp³-hybridized carbons (Fsp3) is 0.125. The minimum atomic E-state index is -0.778. The molecular weight excluding hydrogens is 382 g/mol. The van der Waals surface area contributed by atoms with Crippen LogP contribution in [-0.4, -0.2) is 20.0 Å². The van der Waals surface area contributed by atoms with E-state index < -0.39 is 29.6 Å². The second-order valence-electron chi connectivity index (χ2n) is 5.27. The average Bonchev–Trinajstić information content (AvgIpc) is 2.91. The molecule has 2 aromatic heterocycles. The van der Waals surface area contributed by atoms with Crippen molar-refractivity contribution in [2.45, 2.75) is 13.1 Å². The summed E-state index contributed by atoms with van der Waals surface area (Å²) in [6, 6.07) is 2.70. The number of amides is 1. The maximum absolute atomic E-state index is 13.6. The molecule has 134 valence electrons. The summed E-state index contributed by atoms with van der Waals surface area (Å²) in [6.45, 7) is 3.64. The lowest BCUT2D eigenvalue weighted by Crippen LogP contribution is -2.28. The van der Waals surface area contributed by atoms with Crippen LogP contribution in [0.1, 0.15) is 0 Å². The van der Waals surface area contributed by atoms with Crippen molar-refractivity contribution < 1.29 is 13.6 Å². The summed E-state index contributed by atoms with van der Waals surface area (Å²) < 4.78 is 30.3. The van der Waals surface area contributed by atoms with E-state index in [9.17, 15) is 18.4 Å². The van der Waals surface area contributed by atoms with Crippen molar-refractivity contribution in [2.24, 2.45) is 0 Å². The van der Waals surface area contributed by atoms with Gasteiger partial charge in [0.15, 0.2) is 9.60 Å². The van der Waals surface area contributed by atoms with Gasteiger partial charge < -0.3 is 9.88 Å². The Morgan fingerprint density at radius 2 is 2.19 bits per heavy atom. The van der Waals surface area contributed by atoms with Crippen molar-refractivity contribution in [3.8, 4) is 0 Å². The fourth-order valence-electron chi connectivity index (χ4n) is 2.31. The van der Waals surface area contributed by atoms with E-state index in [4.69, 9.17) is 12.2 Å². The number of benzene rings is 1. The van der Waals surface area contributed by atoms with Gasteiger partial charge in [-0.25, -0.2) is 13.8 Å². The maximum atomic E-state index is 13.6. The van der Waals surface area contributed by atoms with Gasteiger partial charge in [-0.05, 0) is 24.4 Å². The number of nitrogens with one attached hydrogen (secondary N) is 1. The van der Waals surface area contributed by atoms with Crippen molar-refractivity contribution in [3.05, 3.63) is 63.1 Å². The molecule has 0 aliphatic heterocycles. The summed E-state index contributed by atoms with van der Waals surface area (Å²) >= 11 is 6.30. The van der Waals surface area contributed by atoms with Crippen LogP contribution in [0.25, 0.3) is 10.3 Å². The van der Waals surface area contributed by atoms with E-state index in [1.165, 1.54) is 6.33 Å². The Balaban J connectivity index is 1.89. The van der Waals surface area contributed by atoms with Crippen LogP contribution in [0.2, 0.25) is 0 Å². The number of aromatic nitrogens is 3. The number of nitrogens with zero attached hydrogens (tertiary/aromatic N) is 3. The van der Waals surface area contributed by atoms with Gasteiger partial charge in [-0.1, -0.05) is 17.4 Å². The number of allylic oxidation sites excluding steroid dienone is 1. The van der Waals surface area contributed by atoms with Gasteiger partial charge in [0.2, 0.25) is 5.91 Å². The van der Waals surface area contributed by atoms with E-state index in [0.29, 0.717) is 20.8 Å². The molecule has 1 N–H and O–H groups in total. The quantitative estimate of drug-likeness (QED) is 0.533. The van der Waals surface area contributed by atoms with Crippen LogP contribution < -0.4 is 10.9 Å². The van der Waals surface area contributed by atoms with Crippen LogP contribution in [0.15, 0.2) is 42.0 Å². The first kappa shape index (κ1) is 18.1. The number of thiazole rings is 1. The van der Waals surface area contributed by atoms with Gasteiger partial charge in [-0.2, -0.15) is 0 Å².